The molecule has 1 aromatic carbocycles. The molecule has 0 aromatic heterocycles. The molecular weight excluding hydrogens is 132 g/mol. The molecule has 11 heavy (non-hydrogen) atoms. The van der Waals surface area contributed by atoms with E-state index in [-0.39, 0.29) is 0 Å². The average molecular weight is 147 g/mol. The maximum absolute atomic E-state index is 3.95. The van der Waals surface area contributed by atoms with Crippen molar-refractivity contribution in [3.05, 3.63) is 42.8 Å². The summed E-state index contributed by atoms with van der Waals surface area (Å²) >= 11 is 0. The van der Waals surface area contributed by atoms with Gasteiger partial charge in [-0.2, -0.15) is 0 Å². The number of hydrogen-bond donors (Lipinski definition) is 0. The largest absolute Gasteiger partial charge is 0.0625 e. The van der Waals surface area contributed by atoms with Crippen molar-refractivity contribution in [1.29, 1.82) is 0 Å². The second kappa shape index (κ2) is 4.17. The van der Waals surface area contributed by atoms with Crippen LogP contribution in [-0.2, 0) is 6.42 Å². The van der Waals surface area contributed by atoms with Crippen LogP contribution in [-0.4, -0.2) is 0 Å². The Morgan fingerprint density at radius 1 is 1.27 bits per heavy atom. The molecule has 0 spiro atoms. The predicted octanol–water partition coefficient (Wildman–Crippen LogP) is 3.09. The van der Waals surface area contributed by atoms with Crippen molar-refractivity contribution < 1.29 is 0 Å². The second-order valence-electron chi connectivity index (χ2n) is 3.13. The van der Waals surface area contributed by atoms with Crippen LogP contribution in [0.15, 0.2) is 30.3 Å². The van der Waals surface area contributed by atoms with Crippen molar-refractivity contribution in [3.63, 3.8) is 0 Å². The molecule has 1 radical (unpaired) electrons. The zero-order valence-electron chi connectivity index (χ0n) is 7.09. The van der Waals surface area contributed by atoms with E-state index in [1.54, 1.807) is 0 Å². The Morgan fingerprint density at radius 3 is 2.45 bits per heavy atom. The minimum Gasteiger partial charge on any atom is -0.0625 e. The summed E-state index contributed by atoms with van der Waals surface area (Å²) in [5.74, 6) is 0.565. The van der Waals surface area contributed by atoms with Gasteiger partial charge in [-0.05, 0) is 24.3 Å². The minimum absolute atomic E-state index is 0.565. The van der Waals surface area contributed by atoms with Gasteiger partial charge in [0.25, 0.3) is 0 Å². The Labute approximate surface area is 69.3 Å². The first-order valence-electron chi connectivity index (χ1n) is 4.16. The molecule has 0 unspecified atom stereocenters. The van der Waals surface area contributed by atoms with Gasteiger partial charge in [0.05, 0.1) is 0 Å². The van der Waals surface area contributed by atoms with E-state index in [0.29, 0.717) is 5.92 Å². The molecular formula is C11H15. The van der Waals surface area contributed by atoms with Crippen LogP contribution in [0.5, 0.6) is 0 Å². The van der Waals surface area contributed by atoms with Gasteiger partial charge in [0.15, 0.2) is 0 Å². The SMILES string of the molecule is [CH2][C@@H](C)CCc1ccccc1. The third-order valence-electron chi connectivity index (χ3n) is 1.77. The lowest BCUT2D eigenvalue weighted by atomic mass is 10.0. The van der Waals surface area contributed by atoms with Crippen LogP contribution in [0.2, 0.25) is 0 Å². The number of benzene rings is 1. The van der Waals surface area contributed by atoms with Crippen LogP contribution >= 0.6 is 0 Å². The molecule has 0 aliphatic heterocycles. The molecule has 0 heterocycles. The summed E-state index contributed by atoms with van der Waals surface area (Å²) in [6.45, 7) is 6.11. The van der Waals surface area contributed by atoms with Crippen LogP contribution in [0.3, 0.4) is 0 Å². The summed E-state index contributed by atoms with van der Waals surface area (Å²) in [4.78, 5) is 0. The van der Waals surface area contributed by atoms with Gasteiger partial charge in [-0.3, -0.25) is 0 Å². The summed E-state index contributed by atoms with van der Waals surface area (Å²) in [6, 6.07) is 10.6. The maximum Gasteiger partial charge on any atom is -0.0276 e. The van der Waals surface area contributed by atoms with Gasteiger partial charge in [-0.15, -0.1) is 0 Å². The summed E-state index contributed by atoms with van der Waals surface area (Å²) in [6.07, 6.45) is 2.34. The van der Waals surface area contributed by atoms with Gasteiger partial charge in [-0.1, -0.05) is 44.2 Å². The van der Waals surface area contributed by atoms with Crippen LogP contribution in [0.25, 0.3) is 0 Å². The summed E-state index contributed by atoms with van der Waals surface area (Å²) in [5, 5.41) is 0. The molecule has 0 N–H and O–H groups in total. The van der Waals surface area contributed by atoms with Crippen LogP contribution in [0.4, 0.5) is 0 Å². The number of aryl methyl sites for hydroxylation is 1. The van der Waals surface area contributed by atoms with E-state index < -0.39 is 0 Å². The molecule has 0 fully saturated rings. The quantitative estimate of drug-likeness (QED) is 0.616. The molecule has 1 aromatic rings. The van der Waals surface area contributed by atoms with Crippen molar-refractivity contribution in [2.45, 2.75) is 19.8 Å². The number of hydrogen-bond acceptors (Lipinski definition) is 0. The molecule has 0 amide bonds. The highest BCUT2D eigenvalue weighted by atomic mass is 14.0. The fourth-order valence-electron chi connectivity index (χ4n) is 1.06. The van der Waals surface area contributed by atoms with Gasteiger partial charge in [0, 0.05) is 0 Å². The second-order valence-corrected chi connectivity index (χ2v) is 3.13. The van der Waals surface area contributed by atoms with E-state index in [2.05, 4.69) is 44.2 Å². The topological polar surface area (TPSA) is 0 Å². The van der Waals surface area contributed by atoms with Crippen molar-refractivity contribution in [2.75, 3.05) is 0 Å². The van der Waals surface area contributed by atoms with Crippen LogP contribution in [0, 0.1) is 12.8 Å². The van der Waals surface area contributed by atoms with Gasteiger partial charge in [0.2, 0.25) is 0 Å². The lowest BCUT2D eigenvalue weighted by Gasteiger charge is -2.03. The highest BCUT2D eigenvalue weighted by Crippen LogP contribution is 2.07. The normalized spacial score (nSPS) is 10.5. The van der Waals surface area contributed by atoms with E-state index in [1.165, 1.54) is 12.0 Å². The van der Waals surface area contributed by atoms with Crippen LogP contribution < -0.4 is 0 Å². The zero-order chi connectivity index (χ0) is 8.10. The maximum atomic E-state index is 3.95. The molecule has 0 aliphatic rings. The van der Waals surface area contributed by atoms with E-state index in [0.717, 1.165) is 6.42 Å². The molecule has 59 valence electrons. The average Bonchev–Trinajstić information content (AvgIpc) is 2.03. The third kappa shape index (κ3) is 3.22. The van der Waals surface area contributed by atoms with Gasteiger partial charge < -0.3 is 0 Å². The van der Waals surface area contributed by atoms with Gasteiger partial charge in [-0.25, -0.2) is 0 Å². The van der Waals surface area contributed by atoms with Crippen molar-refractivity contribution in [2.24, 2.45) is 5.92 Å². The first-order chi connectivity index (χ1) is 5.29. The molecule has 1 rings (SSSR count). The Morgan fingerprint density at radius 2 is 1.91 bits per heavy atom. The van der Waals surface area contributed by atoms with E-state index >= 15 is 0 Å². The number of rotatable bonds is 3. The summed E-state index contributed by atoms with van der Waals surface area (Å²) in [5.41, 5.74) is 1.42. The van der Waals surface area contributed by atoms with Gasteiger partial charge >= 0.3 is 0 Å². The Kier molecular flexibility index (Phi) is 3.15. The fourth-order valence-corrected chi connectivity index (χ4v) is 1.06. The lowest BCUT2D eigenvalue weighted by molar-refractivity contribution is 0.644. The highest BCUT2D eigenvalue weighted by molar-refractivity contribution is 5.14. The molecule has 0 bridgehead atoms. The van der Waals surface area contributed by atoms with Gasteiger partial charge in [0.1, 0.15) is 0 Å². The summed E-state index contributed by atoms with van der Waals surface area (Å²) < 4.78 is 0. The Bertz CT molecular complexity index is 186. The standard InChI is InChI=1S/C11H15/c1-10(2)8-9-11-6-4-3-5-7-11/h3-7,10H,1,8-9H2,2H3/t10-/m0/s1. The fraction of sp³-hybridized carbons (Fsp3) is 0.364. The minimum atomic E-state index is 0.565. The molecule has 0 saturated heterocycles. The Hall–Kier alpha value is -0.780. The third-order valence-corrected chi connectivity index (χ3v) is 1.77. The predicted molar refractivity (Wildman–Crippen MR) is 49.3 cm³/mol. The first kappa shape index (κ1) is 8.32. The molecule has 0 aliphatic carbocycles. The lowest BCUT2D eigenvalue weighted by Crippen LogP contribution is -1.91. The summed E-state index contributed by atoms with van der Waals surface area (Å²) in [7, 11) is 0. The van der Waals surface area contributed by atoms with E-state index in [9.17, 15) is 0 Å². The highest BCUT2D eigenvalue weighted by Gasteiger charge is 1.94. The van der Waals surface area contributed by atoms with E-state index in [4.69, 9.17) is 0 Å². The van der Waals surface area contributed by atoms with E-state index in [1.807, 2.05) is 0 Å². The zero-order valence-corrected chi connectivity index (χ0v) is 7.09. The molecule has 1 atom stereocenters. The van der Waals surface area contributed by atoms with Crippen molar-refractivity contribution in [3.8, 4) is 0 Å². The van der Waals surface area contributed by atoms with Crippen LogP contribution in [0.1, 0.15) is 18.9 Å². The van der Waals surface area contributed by atoms with Crippen molar-refractivity contribution >= 4 is 0 Å². The molecule has 0 saturated carbocycles. The smallest absolute Gasteiger partial charge is 0.0276 e. The molecule has 0 heteroatoms. The Balaban J connectivity index is 2.39. The monoisotopic (exact) mass is 147 g/mol. The van der Waals surface area contributed by atoms with Crippen molar-refractivity contribution in [1.82, 2.24) is 0 Å². The first-order valence-corrected chi connectivity index (χ1v) is 4.16. The molecule has 0 nitrogen and oxygen atoms in total.